The lowest BCUT2D eigenvalue weighted by Gasteiger charge is -2.26. The first-order chi connectivity index (χ1) is 7.75. The fourth-order valence-corrected chi connectivity index (χ4v) is 2.76. The van der Waals surface area contributed by atoms with E-state index in [9.17, 15) is 18.0 Å². The zero-order chi connectivity index (χ0) is 13.6. The molecule has 0 unspecified atom stereocenters. The van der Waals surface area contributed by atoms with Crippen LogP contribution in [0.25, 0.3) is 0 Å². The Morgan fingerprint density at radius 2 is 1.29 bits per heavy atom. The number of carboxylic acid groups (broad SMARTS) is 2. The van der Waals surface area contributed by atoms with E-state index < -0.39 is 35.2 Å². The molecule has 0 saturated heterocycles. The van der Waals surface area contributed by atoms with Crippen LogP contribution in [-0.2, 0) is 19.8 Å². The van der Waals surface area contributed by atoms with Crippen molar-refractivity contribution in [1.82, 2.24) is 8.61 Å². The first kappa shape index (κ1) is 15.8. The Morgan fingerprint density at radius 3 is 1.53 bits per heavy atom. The molecule has 2 N–H and O–H groups in total. The maximum Gasteiger partial charge on any atom is 0.318 e. The van der Waals surface area contributed by atoms with Gasteiger partial charge in [-0.15, -0.1) is 0 Å². The normalized spacial score (nSPS) is 12.0. The van der Waals surface area contributed by atoms with E-state index in [1.54, 1.807) is 13.8 Å². The van der Waals surface area contributed by atoms with Gasteiger partial charge < -0.3 is 10.2 Å². The van der Waals surface area contributed by atoms with Crippen LogP contribution in [0.5, 0.6) is 0 Å². The molecule has 0 saturated carbocycles. The minimum Gasteiger partial charge on any atom is -0.480 e. The van der Waals surface area contributed by atoms with Gasteiger partial charge in [0.1, 0.15) is 13.1 Å². The molecule has 0 heterocycles. The molecular formula is C8H16N2O6S. The third-order valence-electron chi connectivity index (χ3n) is 1.98. The molecule has 0 aromatic carbocycles. The van der Waals surface area contributed by atoms with Gasteiger partial charge in [-0.25, -0.2) is 0 Å². The van der Waals surface area contributed by atoms with Crippen molar-refractivity contribution in [3.05, 3.63) is 0 Å². The molecule has 0 aliphatic rings. The van der Waals surface area contributed by atoms with E-state index in [2.05, 4.69) is 0 Å². The molecule has 0 spiro atoms. The summed E-state index contributed by atoms with van der Waals surface area (Å²) < 4.78 is 25.2. The molecule has 0 amide bonds. The maximum absolute atomic E-state index is 11.9. The van der Waals surface area contributed by atoms with Gasteiger partial charge in [-0.3, -0.25) is 9.59 Å². The van der Waals surface area contributed by atoms with Crippen molar-refractivity contribution in [2.24, 2.45) is 0 Å². The summed E-state index contributed by atoms with van der Waals surface area (Å²) in [5.41, 5.74) is 0. The molecule has 100 valence electrons. The predicted molar refractivity (Wildman–Crippen MR) is 58.7 cm³/mol. The number of aliphatic carboxylic acids is 2. The average Bonchev–Trinajstić information content (AvgIpc) is 2.16. The second-order valence-electron chi connectivity index (χ2n) is 3.15. The van der Waals surface area contributed by atoms with Crippen molar-refractivity contribution < 1.29 is 28.2 Å². The summed E-state index contributed by atoms with van der Waals surface area (Å²) in [5.74, 6) is -2.80. The number of rotatable bonds is 8. The Hall–Kier alpha value is -1.19. The summed E-state index contributed by atoms with van der Waals surface area (Å²) in [7, 11) is -4.05. The van der Waals surface area contributed by atoms with Gasteiger partial charge in [-0.1, -0.05) is 13.8 Å². The summed E-state index contributed by atoms with van der Waals surface area (Å²) >= 11 is 0. The van der Waals surface area contributed by atoms with Crippen LogP contribution >= 0.6 is 0 Å². The lowest BCUT2D eigenvalue weighted by atomic mass is 10.6. The van der Waals surface area contributed by atoms with Crippen LogP contribution in [0.15, 0.2) is 0 Å². The zero-order valence-corrected chi connectivity index (χ0v) is 10.5. The first-order valence-corrected chi connectivity index (χ1v) is 6.34. The Labute approximate surface area is 99.6 Å². The molecule has 8 nitrogen and oxygen atoms in total. The summed E-state index contributed by atoms with van der Waals surface area (Å²) in [5, 5.41) is 17.1. The van der Waals surface area contributed by atoms with Crippen LogP contribution in [0.1, 0.15) is 13.8 Å². The van der Waals surface area contributed by atoms with Gasteiger partial charge in [0.2, 0.25) is 0 Å². The Bertz CT molecular complexity index is 359. The largest absolute Gasteiger partial charge is 0.480 e. The van der Waals surface area contributed by atoms with Crippen molar-refractivity contribution in [2.45, 2.75) is 13.8 Å². The molecule has 0 aliphatic heterocycles. The van der Waals surface area contributed by atoms with Gasteiger partial charge in [0.25, 0.3) is 10.2 Å². The van der Waals surface area contributed by atoms with Gasteiger partial charge in [-0.05, 0) is 0 Å². The van der Waals surface area contributed by atoms with Crippen molar-refractivity contribution >= 4 is 22.1 Å². The average molecular weight is 268 g/mol. The second kappa shape index (κ2) is 6.52. The summed E-state index contributed by atoms with van der Waals surface area (Å²) in [6.07, 6.45) is 0. The molecule has 0 fully saturated rings. The molecule has 0 bridgehead atoms. The molecule has 9 heteroatoms. The van der Waals surface area contributed by atoms with Gasteiger partial charge in [-0.2, -0.15) is 17.0 Å². The number of hydrogen-bond acceptors (Lipinski definition) is 4. The number of hydrogen-bond donors (Lipinski definition) is 2. The van der Waals surface area contributed by atoms with Crippen molar-refractivity contribution in [1.29, 1.82) is 0 Å². The fourth-order valence-electron chi connectivity index (χ4n) is 1.23. The van der Waals surface area contributed by atoms with Gasteiger partial charge in [0, 0.05) is 13.1 Å². The van der Waals surface area contributed by atoms with Crippen molar-refractivity contribution in [3.63, 3.8) is 0 Å². The topological polar surface area (TPSA) is 115 Å². The minimum atomic E-state index is -4.05. The third kappa shape index (κ3) is 4.67. The molecule has 0 aliphatic carbocycles. The molecule has 0 radical (unpaired) electrons. The summed E-state index contributed by atoms with van der Waals surface area (Å²) in [6, 6.07) is 0. The van der Waals surface area contributed by atoms with E-state index in [0.717, 1.165) is 4.31 Å². The second-order valence-corrected chi connectivity index (χ2v) is 5.08. The van der Waals surface area contributed by atoms with Crippen LogP contribution in [0.4, 0.5) is 0 Å². The standard InChI is InChI=1S/C8H16N2O6S/c1-3-9(4-2)17(15,16)10(5-7(11)12)6-8(13)14/h3-6H2,1-2H3,(H,11,12)(H,13,14). The van der Waals surface area contributed by atoms with Gasteiger partial charge >= 0.3 is 11.9 Å². The Kier molecular flexibility index (Phi) is 6.07. The van der Waals surface area contributed by atoms with E-state index >= 15 is 0 Å². The van der Waals surface area contributed by atoms with Crippen LogP contribution in [0, 0.1) is 0 Å². The Balaban J connectivity index is 5.13. The molecule has 0 aromatic rings. The number of nitrogens with zero attached hydrogens (tertiary/aromatic N) is 2. The molecular weight excluding hydrogens is 252 g/mol. The van der Waals surface area contributed by atoms with E-state index in [1.807, 2.05) is 0 Å². The third-order valence-corrected chi connectivity index (χ3v) is 4.06. The fraction of sp³-hybridized carbons (Fsp3) is 0.750. The van der Waals surface area contributed by atoms with E-state index in [1.165, 1.54) is 0 Å². The van der Waals surface area contributed by atoms with Crippen molar-refractivity contribution in [2.75, 3.05) is 26.2 Å². The SMILES string of the molecule is CCN(CC)S(=O)(=O)N(CC(=O)O)CC(=O)O. The molecule has 0 aromatic heterocycles. The highest BCUT2D eigenvalue weighted by atomic mass is 32.2. The summed E-state index contributed by atoms with van der Waals surface area (Å²) in [4.78, 5) is 21.0. The minimum absolute atomic E-state index is 0.147. The first-order valence-electron chi connectivity index (χ1n) is 4.94. The maximum atomic E-state index is 11.9. The molecule has 0 atom stereocenters. The Morgan fingerprint density at radius 1 is 0.941 bits per heavy atom. The number of carboxylic acids is 2. The monoisotopic (exact) mass is 268 g/mol. The van der Waals surface area contributed by atoms with Gasteiger partial charge in [0.05, 0.1) is 0 Å². The number of carbonyl (C=O) groups is 2. The highest BCUT2D eigenvalue weighted by molar-refractivity contribution is 7.86. The van der Waals surface area contributed by atoms with Crippen LogP contribution in [0.3, 0.4) is 0 Å². The zero-order valence-electron chi connectivity index (χ0n) is 9.66. The molecule has 0 rings (SSSR count). The van der Waals surface area contributed by atoms with Crippen LogP contribution in [0.2, 0.25) is 0 Å². The van der Waals surface area contributed by atoms with Crippen LogP contribution in [-0.4, -0.2) is 65.4 Å². The van der Waals surface area contributed by atoms with E-state index in [-0.39, 0.29) is 13.1 Å². The van der Waals surface area contributed by atoms with Crippen molar-refractivity contribution in [3.8, 4) is 0 Å². The molecule has 17 heavy (non-hydrogen) atoms. The highest BCUT2D eigenvalue weighted by Gasteiger charge is 2.30. The lowest BCUT2D eigenvalue weighted by molar-refractivity contribution is -0.139. The predicted octanol–water partition coefficient (Wildman–Crippen LogP) is -0.956. The smallest absolute Gasteiger partial charge is 0.318 e. The van der Waals surface area contributed by atoms with Gasteiger partial charge in [0.15, 0.2) is 0 Å². The quantitative estimate of drug-likeness (QED) is 0.586. The lowest BCUT2D eigenvalue weighted by Crippen LogP contribution is -2.47. The van der Waals surface area contributed by atoms with E-state index in [0.29, 0.717) is 4.31 Å². The van der Waals surface area contributed by atoms with Crippen LogP contribution < -0.4 is 0 Å². The summed E-state index contributed by atoms with van der Waals surface area (Å²) in [6.45, 7) is 1.72. The van der Waals surface area contributed by atoms with E-state index in [4.69, 9.17) is 10.2 Å². The highest BCUT2D eigenvalue weighted by Crippen LogP contribution is 2.07.